The van der Waals surface area contributed by atoms with Crippen LogP contribution in [0.5, 0.6) is 0 Å². The minimum Gasteiger partial charge on any atom is -0.249 e. The molecule has 0 unspecified atom stereocenters. The van der Waals surface area contributed by atoms with Crippen molar-refractivity contribution < 1.29 is 0 Å². The van der Waals surface area contributed by atoms with E-state index in [0.29, 0.717) is 0 Å². The van der Waals surface area contributed by atoms with Gasteiger partial charge in [0.15, 0.2) is 0 Å². The van der Waals surface area contributed by atoms with Gasteiger partial charge in [-0.3, -0.25) is 0 Å². The predicted octanol–water partition coefficient (Wildman–Crippen LogP) is 2.03. The van der Waals surface area contributed by atoms with Crippen LogP contribution in [0.25, 0.3) is 0 Å². The molecule has 0 heterocycles. The molecule has 0 radical (unpaired) electrons. The Morgan fingerprint density at radius 3 is 2.67 bits per heavy atom. The lowest BCUT2D eigenvalue weighted by molar-refractivity contribution is 0.984. The zero-order valence-corrected chi connectivity index (χ0v) is 5.80. The smallest absolute Gasteiger partial charge is 0.127 e. The van der Waals surface area contributed by atoms with Crippen molar-refractivity contribution in [2.24, 2.45) is 9.98 Å². The van der Waals surface area contributed by atoms with E-state index < -0.39 is 0 Å². The Balaban J connectivity index is 3.80. The Kier molecular flexibility index (Phi) is 4.69. The van der Waals surface area contributed by atoms with Gasteiger partial charge in [0.05, 0.1) is 0 Å². The summed E-state index contributed by atoms with van der Waals surface area (Å²) in [6.07, 6.45) is 3.42. The van der Waals surface area contributed by atoms with E-state index >= 15 is 0 Å². The highest BCUT2D eigenvalue weighted by atomic mass is 14.9. The molecule has 0 spiro atoms. The molecule has 0 fully saturated rings. The maximum atomic E-state index is 3.88. The fourth-order valence-corrected chi connectivity index (χ4v) is 0.513. The molecule has 2 heteroatoms. The second kappa shape index (κ2) is 5.22. The summed E-state index contributed by atoms with van der Waals surface area (Å²) in [5, 5.41) is 0. The second-order valence-electron chi connectivity index (χ2n) is 1.64. The lowest BCUT2D eigenvalue weighted by atomic mass is 10.3. The van der Waals surface area contributed by atoms with E-state index in [0.717, 1.165) is 18.7 Å². The highest BCUT2D eigenvalue weighted by molar-refractivity contribution is 5.86. The number of hydrogen-bond acceptors (Lipinski definition) is 1. The number of rotatable bonds is 3. The van der Waals surface area contributed by atoms with Crippen molar-refractivity contribution in [3.8, 4) is 0 Å². The van der Waals surface area contributed by atoms with Gasteiger partial charge in [-0.15, -0.1) is 0 Å². The van der Waals surface area contributed by atoms with Crippen molar-refractivity contribution in [1.82, 2.24) is 0 Å². The van der Waals surface area contributed by atoms with Crippen LogP contribution >= 0.6 is 0 Å². The third-order valence-electron chi connectivity index (χ3n) is 0.896. The number of nitrogens with zero attached hydrogens (tertiary/aromatic N) is 2. The molecule has 0 aliphatic carbocycles. The SMILES string of the molecule is C=CN=C(CCC)N=C. The Morgan fingerprint density at radius 2 is 2.33 bits per heavy atom. The topological polar surface area (TPSA) is 24.7 Å². The molecular formula is C7H12N2. The Morgan fingerprint density at radius 1 is 1.67 bits per heavy atom. The van der Waals surface area contributed by atoms with Crippen molar-refractivity contribution >= 4 is 12.6 Å². The first-order chi connectivity index (χ1) is 4.35. The molecule has 2 nitrogen and oxygen atoms in total. The summed E-state index contributed by atoms with van der Waals surface area (Å²) in [6, 6.07) is 0. The normalized spacial score (nSPS) is 11.0. The van der Waals surface area contributed by atoms with Gasteiger partial charge in [-0.25, -0.2) is 9.98 Å². The van der Waals surface area contributed by atoms with E-state index in [1.54, 1.807) is 0 Å². The maximum Gasteiger partial charge on any atom is 0.127 e. The van der Waals surface area contributed by atoms with Crippen LogP contribution in [-0.2, 0) is 0 Å². The summed E-state index contributed by atoms with van der Waals surface area (Å²) in [6.45, 7) is 8.90. The van der Waals surface area contributed by atoms with Crippen LogP contribution in [0.4, 0.5) is 0 Å². The molecule has 0 saturated carbocycles. The molecule has 50 valence electrons. The zero-order chi connectivity index (χ0) is 7.11. The van der Waals surface area contributed by atoms with E-state index in [9.17, 15) is 0 Å². The summed E-state index contributed by atoms with van der Waals surface area (Å²) in [5.41, 5.74) is 0. The van der Waals surface area contributed by atoms with Crippen LogP contribution in [0.2, 0.25) is 0 Å². The van der Waals surface area contributed by atoms with Crippen molar-refractivity contribution in [1.29, 1.82) is 0 Å². The molecule has 0 aliphatic rings. The van der Waals surface area contributed by atoms with E-state index in [1.165, 1.54) is 6.20 Å². The van der Waals surface area contributed by atoms with Crippen LogP contribution in [0.1, 0.15) is 19.8 Å². The van der Waals surface area contributed by atoms with Crippen molar-refractivity contribution in [2.45, 2.75) is 19.8 Å². The van der Waals surface area contributed by atoms with Crippen LogP contribution in [0.3, 0.4) is 0 Å². The zero-order valence-electron chi connectivity index (χ0n) is 5.80. The molecule has 0 aliphatic heterocycles. The number of aliphatic imine (C=N–C) groups is 2. The second-order valence-corrected chi connectivity index (χ2v) is 1.64. The molecule has 0 atom stereocenters. The Bertz CT molecular complexity index is 125. The summed E-state index contributed by atoms with van der Waals surface area (Å²) in [4.78, 5) is 7.58. The first-order valence-electron chi connectivity index (χ1n) is 2.99. The maximum absolute atomic E-state index is 3.88. The van der Waals surface area contributed by atoms with Gasteiger partial charge >= 0.3 is 0 Å². The third-order valence-corrected chi connectivity index (χ3v) is 0.896. The molecule has 9 heavy (non-hydrogen) atoms. The van der Waals surface area contributed by atoms with E-state index in [2.05, 4.69) is 30.2 Å². The fraction of sp³-hybridized carbons (Fsp3) is 0.429. The molecular weight excluding hydrogens is 112 g/mol. The van der Waals surface area contributed by atoms with E-state index in [1.807, 2.05) is 0 Å². The standard InChI is InChI=1S/C7H12N2/c1-4-6-7(8-3)9-5-2/h5H,2-4,6H2,1H3. The van der Waals surface area contributed by atoms with Crippen LogP contribution in [-0.4, -0.2) is 12.6 Å². The molecule has 0 aromatic rings. The molecule has 0 aromatic heterocycles. The van der Waals surface area contributed by atoms with Crippen LogP contribution < -0.4 is 0 Å². The van der Waals surface area contributed by atoms with Gasteiger partial charge in [-0.1, -0.05) is 13.5 Å². The van der Waals surface area contributed by atoms with Gasteiger partial charge in [0.2, 0.25) is 0 Å². The van der Waals surface area contributed by atoms with E-state index in [4.69, 9.17) is 0 Å². The van der Waals surface area contributed by atoms with E-state index in [-0.39, 0.29) is 0 Å². The summed E-state index contributed by atoms with van der Waals surface area (Å²) >= 11 is 0. The lowest BCUT2D eigenvalue weighted by Crippen LogP contribution is -1.89. The molecule has 0 saturated heterocycles. The minimum absolute atomic E-state index is 0.771. The number of amidine groups is 1. The fourth-order valence-electron chi connectivity index (χ4n) is 0.513. The third kappa shape index (κ3) is 3.64. The Hall–Kier alpha value is -0.920. The highest BCUT2D eigenvalue weighted by Crippen LogP contribution is 1.92. The van der Waals surface area contributed by atoms with Gasteiger partial charge in [-0.2, -0.15) is 0 Å². The van der Waals surface area contributed by atoms with Crippen molar-refractivity contribution in [2.75, 3.05) is 0 Å². The van der Waals surface area contributed by atoms with Gasteiger partial charge in [-0.05, 0) is 13.1 Å². The first-order valence-corrected chi connectivity index (χ1v) is 2.99. The lowest BCUT2D eigenvalue weighted by Gasteiger charge is -1.91. The quantitative estimate of drug-likeness (QED) is 0.406. The highest BCUT2D eigenvalue weighted by Gasteiger charge is 1.87. The van der Waals surface area contributed by atoms with Crippen LogP contribution in [0, 0.1) is 0 Å². The van der Waals surface area contributed by atoms with Gasteiger partial charge in [0, 0.05) is 12.6 Å². The predicted molar refractivity (Wildman–Crippen MR) is 42.1 cm³/mol. The van der Waals surface area contributed by atoms with Crippen LogP contribution in [0.15, 0.2) is 22.8 Å². The van der Waals surface area contributed by atoms with Gasteiger partial charge in [0.1, 0.15) is 5.84 Å². The number of hydrogen-bond donors (Lipinski definition) is 0. The minimum atomic E-state index is 0.771. The molecule has 0 amide bonds. The molecule has 0 rings (SSSR count). The first kappa shape index (κ1) is 8.08. The average Bonchev–Trinajstić information content (AvgIpc) is 1.88. The van der Waals surface area contributed by atoms with Crippen molar-refractivity contribution in [3.63, 3.8) is 0 Å². The summed E-state index contributed by atoms with van der Waals surface area (Å²) in [5.74, 6) is 0.771. The molecule has 0 aromatic carbocycles. The summed E-state index contributed by atoms with van der Waals surface area (Å²) in [7, 11) is 0. The largest absolute Gasteiger partial charge is 0.249 e. The van der Waals surface area contributed by atoms with Crippen molar-refractivity contribution in [3.05, 3.63) is 12.8 Å². The average molecular weight is 124 g/mol. The monoisotopic (exact) mass is 124 g/mol. The van der Waals surface area contributed by atoms with Gasteiger partial charge in [0.25, 0.3) is 0 Å². The Labute approximate surface area is 56.0 Å². The van der Waals surface area contributed by atoms with Gasteiger partial charge < -0.3 is 0 Å². The molecule has 0 N–H and O–H groups in total. The molecule has 0 bridgehead atoms. The summed E-state index contributed by atoms with van der Waals surface area (Å²) < 4.78 is 0.